The molecular formula is C24H30Cl2N4O4S. The summed E-state index contributed by atoms with van der Waals surface area (Å²) in [7, 11) is 0. The van der Waals surface area contributed by atoms with Gasteiger partial charge in [0.25, 0.3) is 5.91 Å². The van der Waals surface area contributed by atoms with Crippen molar-refractivity contribution < 1.29 is 19.1 Å². The number of nitrogens with zero attached hydrogens (tertiary/aromatic N) is 3. The van der Waals surface area contributed by atoms with Gasteiger partial charge in [-0.1, -0.05) is 29.3 Å². The third kappa shape index (κ3) is 6.32. The number of nitrogens with one attached hydrogen (secondary N) is 1. The van der Waals surface area contributed by atoms with Crippen molar-refractivity contribution in [1.82, 2.24) is 20.0 Å². The van der Waals surface area contributed by atoms with Crippen molar-refractivity contribution in [1.29, 1.82) is 0 Å². The molecule has 3 aliphatic rings. The minimum absolute atomic E-state index is 0.00643. The summed E-state index contributed by atoms with van der Waals surface area (Å²) in [5.74, 6) is -0.223. The molecule has 0 spiro atoms. The fourth-order valence-corrected chi connectivity index (χ4v) is 5.74. The molecule has 1 aliphatic carbocycles. The largest absolute Gasteiger partial charge is 0.444 e. The molecule has 1 aromatic heterocycles. The van der Waals surface area contributed by atoms with Crippen LogP contribution in [-0.4, -0.2) is 83.0 Å². The first-order valence-electron chi connectivity index (χ1n) is 11.7. The highest BCUT2D eigenvalue weighted by atomic mass is 35.5. The first-order valence-corrected chi connectivity index (χ1v) is 13.2. The maximum atomic E-state index is 12.7. The van der Waals surface area contributed by atoms with E-state index in [1.165, 1.54) is 11.3 Å². The van der Waals surface area contributed by atoms with Gasteiger partial charge in [0.2, 0.25) is 5.91 Å². The van der Waals surface area contributed by atoms with Crippen LogP contribution in [0.15, 0.2) is 35.0 Å². The van der Waals surface area contributed by atoms with E-state index in [1.807, 2.05) is 26.8 Å². The van der Waals surface area contributed by atoms with Crippen LogP contribution < -0.4 is 5.32 Å². The molecule has 1 aromatic rings. The van der Waals surface area contributed by atoms with Crippen molar-refractivity contribution in [2.75, 3.05) is 32.7 Å². The lowest BCUT2D eigenvalue weighted by Crippen LogP contribution is -2.50. The first kappa shape index (κ1) is 25.9. The van der Waals surface area contributed by atoms with Gasteiger partial charge >= 0.3 is 6.09 Å². The van der Waals surface area contributed by atoms with Crippen molar-refractivity contribution in [3.63, 3.8) is 0 Å². The second kappa shape index (κ2) is 10.4. The summed E-state index contributed by atoms with van der Waals surface area (Å²) in [5.41, 5.74) is 0.408. The normalized spacial score (nSPS) is 23.2. The number of ether oxygens (including phenoxy) is 1. The van der Waals surface area contributed by atoms with Crippen LogP contribution in [-0.2, 0) is 9.53 Å². The molecular weight excluding hydrogens is 511 g/mol. The lowest BCUT2D eigenvalue weighted by atomic mass is 10.0. The molecule has 0 radical (unpaired) electrons. The molecule has 2 atom stereocenters. The van der Waals surface area contributed by atoms with Gasteiger partial charge in [-0.25, -0.2) is 4.79 Å². The molecule has 2 aliphatic heterocycles. The summed E-state index contributed by atoms with van der Waals surface area (Å²) < 4.78 is 6.02. The third-order valence-electron chi connectivity index (χ3n) is 6.10. The monoisotopic (exact) mass is 540 g/mol. The molecule has 2 saturated heterocycles. The number of allylic oxidation sites excluding steroid dienone is 1. The highest BCUT2D eigenvalue weighted by Gasteiger charge is 2.36. The topological polar surface area (TPSA) is 82.2 Å². The Kier molecular flexibility index (Phi) is 7.68. The van der Waals surface area contributed by atoms with Gasteiger partial charge in [-0.15, -0.1) is 11.3 Å². The van der Waals surface area contributed by atoms with Gasteiger partial charge in [-0.05, 0) is 45.4 Å². The van der Waals surface area contributed by atoms with Gasteiger partial charge in [0.15, 0.2) is 0 Å². The molecule has 1 N–H and O–H groups in total. The van der Waals surface area contributed by atoms with Crippen LogP contribution in [0.25, 0.3) is 0 Å². The number of hydrogen-bond acceptors (Lipinski definition) is 6. The Morgan fingerprint density at radius 1 is 1.14 bits per heavy atom. The van der Waals surface area contributed by atoms with Crippen LogP contribution in [0, 0.1) is 0 Å². The van der Waals surface area contributed by atoms with Crippen molar-refractivity contribution in [2.45, 2.75) is 51.3 Å². The van der Waals surface area contributed by atoms with Gasteiger partial charge < -0.3 is 24.8 Å². The van der Waals surface area contributed by atoms with E-state index in [-0.39, 0.29) is 36.4 Å². The quantitative estimate of drug-likeness (QED) is 0.622. The van der Waals surface area contributed by atoms with Crippen molar-refractivity contribution in [3.8, 4) is 0 Å². The number of hydrogen-bond donors (Lipinski definition) is 1. The van der Waals surface area contributed by atoms with E-state index < -0.39 is 5.60 Å². The summed E-state index contributed by atoms with van der Waals surface area (Å²) in [6.07, 6.45) is 4.58. The van der Waals surface area contributed by atoms with Gasteiger partial charge in [0.05, 0.1) is 32.0 Å². The van der Waals surface area contributed by atoms with Crippen molar-refractivity contribution >= 4 is 52.4 Å². The number of likely N-dealkylation sites (tertiary alicyclic amines) is 1. The number of halogens is 2. The number of thiophene rings is 1. The van der Waals surface area contributed by atoms with Crippen molar-refractivity contribution in [2.24, 2.45) is 0 Å². The summed E-state index contributed by atoms with van der Waals surface area (Å²) in [6, 6.07) is 2.96. The van der Waals surface area contributed by atoms with Crippen LogP contribution in [0.4, 0.5) is 4.79 Å². The minimum atomic E-state index is -0.520. The number of piperazine rings is 1. The smallest absolute Gasteiger partial charge is 0.410 e. The highest BCUT2D eigenvalue weighted by molar-refractivity contribution is 7.18. The average Bonchev–Trinajstić information content (AvgIpc) is 3.38. The van der Waals surface area contributed by atoms with E-state index in [0.717, 1.165) is 5.70 Å². The SMILES string of the molecule is CC(C)(C)OC(=O)N1CCN(C2=CC[C@@H](N3CC(NC(=O)c4ccc(Cl)s4)CC3=O)C=C2Cl)CC1. The zero-order chi connectivity index (χ0) is 25.3. The van der Waals surface area contributed by atoms with E-state index in [1.54, 1.807) is 21.9 Å². The molecule has 4 rings (SSSR count). The molecule has 35 heavy (non-hydrogen) atoms. The Morgan fingerprint density at radius 3 is 2.46 bits per heavy atom. The molecule has 0 saturated carbocycles. The summed E-state index contributed by atoms with van der Waals surface area (Å²) in [5, 5.41) is 3.54. The number of rotatable bonds is 4. The van der Waals surface area contributed by atoms with E-state index in [4.69, 9.17) is 27.9 Å². The Hall–Kier alpha value is -2.23. The van der Waals surface area contributed by atoms with Crippen LogP contribution in [0.3, 0.4) is 0 Å². The molecule has 8 nitrogen and oxygen atoms in total. The Morgan fingerprint density at radius 2 is 1.86 bits per heavy atom. The molecule has 2 fully saturated rings. The van der Waals surface area contributed by atoms with E-state index in [9.17, 15) is 14.4 Å². The van der Waals surface area contributed by atoms with Crippen molar-refractivity contribution in [3.05, 3.63) is 44.2 Å². The van der Waals surface area contributed by atoms with E-state index in [2.05, 4.69) is 16.3 Å². The minimum Gasteiger partial charge on any atom is -0.444 e. The number of amides is 3. The van der Waals surface area contributed by atoms with Gasteiger partial charge in [0.1, 0.15) is 5.60 Å². The molecule has 0 bridgehead atoms. The fraction of sp³-hybridized carbons (Fsp3) is 0.542. The first-order chi connectivity index (χ1) is 16.5. The highest BCUT2D eigenvalue weighted by Crippen LogP contribution is 2.31. The van der Waals surface area contributed by atoms with Crippen LogP contribution in [0.5, 0.6) is 0 Å². The summed E-state index contributed by atoms with van der Waals surface area (Å²) >= 11 is 13.8. The predicted molar refractivity (Wildman–Crippen MR) is 137 cm³/mol. The van der Waals surface area contributed by atoms with Crippen LogP contribution in [0.1, 0.15) is 43.3 Å². The molecule has 190 valence electrons. The number of carbonyl (C=O) groups is 3. The maximum Gasteiger partial charge on any atom is 0.410 e. The van der Waals surface area contributed by atoms with E-state index in [0.29, 0.717) is 53.4 Å². The fourth-order valence-electron chi connectivity index (χ4n) is 4.45. The zero-order valence-electron chi connectivity index (χ0n) is 20.1. The average molecular weight is 542 g/mol. The molecule has 0 aromatic carbocycles. The third-order valence-corrected chi connectivity index (χ3v) is 7.65. The van der Waals surface area contributed by atoms with Crippen LogP contribution >= 0.6 is 34.5 Å². The Balaban J connectivity index is 1.30. The molecule has 3 heterocycles. The molecule has 11 heteroatoms. The second-order valence-electron chi connectivity index (χ2n) is 9.89. The summed E-state index contributed by atoms with van der Waals surface area (Å²) in [6.45, 7) is 8.43. The maximum absolute atomic E-state index is 12.7. The number of carbonyl (C=O) groups excluding carboxylic acids is 3. The van der Waals surface area contributed by atoms with Gasteiger partial charge in [-0.2, -0.15) is 0 Å². The zero-order valence-corrected chi connectivity index (χ0v) is 22.4. The Bertz CT molecular complexity index is 1060. The predicted octanol–water partition coefficient (Wildman–Crippen LogP) is 4.06. The standard InChI is InChI=1S/C24H30Cl2N4O4S/c1-24(2,3)34-23(33)29-10-8-28(9-11-29)18-5-4-16(13-17(18)25)30-14-15(12-21(30)31)27-22(32)19-6-7-20(26)35-19/h5-7,13,15-16H,4,8-12,14H2,1-3H3,(H,27,32)/t15?,16-/m1/s1. The molecule has 3 amide bonds. The van der Waals surface area contributed by atoms with E-state index >= 15 is 0 Å². The van der Waals surface area contributed by atoms with Gasteiger partial charge in [-0.3, -0.25) is 9.59 Å². The lowest BCUT2D eigenvalue weighted by Gasteiger charge is -2.39. The van der Waals surface area contributed by atoms with Crippen LogP contribution in [0.2, 0.25) is 4.34 Å². The Labute approximate surface area is 219 Å². The molecule has 1 unspecified atom stereocenters. The lowest BCUT2D eigenvalue weighted by molar-refractivity contribution is -0.128. The van der Waals surface area contributed by atoms with Gasteiger partial charge in [0, 0.05) is 39.1 Å². The summed E-state index contributed by atoms with van der Waals surface area (Å²) in [4.78, 5) is 43.6. The second-order valence-corrected chi connectivity index (χ2v) is 12.0.